The van der Waals surface area contributed by atoms with E-state index in [-0.39, 0.29) is 5.82 Å². The quantitative estimate of drug-likeness (QED) is 0.797. The molecule has 0 aliphatic carbocycles. The van der Waals surface area contributed by atoms with Crippen molar-refractivity contribution in [1.29, 1.82) is 0 Å². The Morgan fingerprint density at radius 1 is 1.20 bits per heavy atom. The van der Waals surface area contributed by atoms with Gasteiger partial charge in [-0.15, -0.1) is 11.3 Å². The SMILES string of the molecule is Cc1nc2scc(C)n2c1CNCc1ccc(F)cc1. The van der Waals surface area contributed by atoms with E-state index in [0.717, 1.165) is 29.3 Å². The maximum Gasteiger partial charge on any atom is 0.194 e. The summed E-state index contributed by atoms with van der Waals surface area (Å²) < 4.78 is 15.0. The molecule has 3 nitrogen and oxygen atoms in total. The zero-order valence-electron chi connectivity index (χ0n) is 11.5. The molecule has 0 aliphatic rings. The molecule has 104 valence electrons. The van der Waals surface area contributed by atoms with Crippen LogP contribution in [0, 0.1) is 19.7 Å². The Kier molecular flexibility index (Phi) is 3.54. The van der Waals surface area contributed by atoms with E-state index in [2.05, 4.69) is 27.0 Å². The Hall–Kier alpha value is -1.72. The van der Waals surface area contributed by atoms with Crippen LogP contribution in [0.1, 0.15) is 22.6 Å². The molecule has 2 heterocycles. The highest BCUT2D eigenvalue weighted by Crippen LogP contribution is 2.20. The Morgan fingerprint density at radius 3 is 2.70 bits per heavy atom. The lowest BCUT2D eigenvalue weighted by Crippen LogP contribution is -2.15. The van der Waals surface area contributed by atoms with Gasteiger partial charge in [0.2, 0.25) is 0 Å². The highest BCUT2D eigenvalue weighted by molar-refractivity contribution is 7.15. The van der Waals surface area contributed by atoms with Crippen molar-refractivity contribution in [2.75, 3.05) is 0 Å². The monoisotopic (exact) mass is 289 g/mol. The van der Waals surface area contributed by atoms with E-state index in [9.17, 15) is 4.39 Å². The molecule has 0 spiro atoms. The van der Waals surface area contributed by atoms with Gasteiger partial charge in [-0.25, -0.2) is 9.37 Å². The van der Waals surface area contributed by atoms with Crippen LogP contribution in [0.5, 0.6) is 0 Å². The number of benzene rings is 1. The van der Waals surface area contributed by atoms with Gasteiger partial charge in [0, 0.05) is 24.2 Å². The summed E-state index contributed by atoms with van der Waals surface area (Å²) in [5.41, 5.74) is 4.54. The van der Waals surface area contributed by atoms with Crippen molar-refractivity contribution in [3.8, 4) is 0 Å². The summed E-state index contributed by atoms with van der Waals surface area (Å²) >= 11 is 1.66. The number of fused-ring (bicyclic) bond motifs is 1. The number of rotatable bonds is 4. The first-order chi connectivity index (χ1) is 9.65. The average Bonchev–Trinajstić information content (AvgIpc) is 2.93. The van der Waals surface area contributed by atoms with Crippen molar-refractivity contribution in [3.05, 3.63) is 58.1 Å². The predicted octanol–water partition coefficient (Wildman–Crippen LogP) is 3.44. The number of halogens is 1. The second-order valence-electron chi connectivity index (χ2n) is 4.87. The zero-order chi connectivity index (χ0) is 14.1. The maximum atomic E-state index is 12.8. The van der Waals surface area contributed by atoms with Crippen molar-refractivity contribution >= 4 is 16.3 Å². The summed E-state index contributed by atoms with van der Waals surface area (Å²) in [7, 11) is 0. The number of aryl methyl sites for hydroxylation is 2. The zero-order valence-corrected chi connectivity index (χ0v) is 12.3. The molecule has 0 aliphatic heterocycles. The molecule has 0 amide bonds. The summed E-state index contributed by atoms with van der Waals surface area (Å²) in [6.45, 7) is 5.60. The predicted molar refractivity (Wildman–Crippen MR) is 79.5 cm³/mol. The molecule has 0 radical (unpaired) electrons. The number of nitrogens with one attached hydrogen (secondary N) is 1. The fourth-order valence-corrected chi connectivity index (χ4v) is 3.23. The summed E-state index contributed by atoms with van der Waals surface area (Å²) in [5.74, 6) is -0.198. The Labute approximate surface area is 121 Å². The summed E-state index contributed by atoms with van der Waals surface area (Å²) in [6.07, 6.45) is 0. The van der Waals surface area contributed by atoms with Crippen LogP contribution in [0.25, 0.3) is 4.96 Å². The first-order valence-electron chi connectivity index (χ1n) is 6.52. The van der Waals surface area contributed by atoms with Crippen LogP contribution in [-0.2, 0) is 13.1 Å². The molecule has 5 heteroatoms. The molecule has 0 atom stereocenters. The molecule has 0 bridgehead atoms. The van der Waals surface area contributed by atoms with Gasteiger partial charge in [0.1, 0.15) is 5.82 Å². The van der Waals surface area contributed by atoms with Crippen molar-refractivity contribution in [3.63, 3.8) is 0 Å². The van der Waals surface area contributed by atoms with Crippen LogP contribution in [-0.4, -0.2) is 9.38 Å². The van der Waals surface area contributed by atoms with E-state index in [1.807, 2.05) is 6.92 Å². The highest BCUT2D eigenvalue weighted by Gasteiger charge is 2.11. The summed E-state index contributed by atoms with van der Waals surface area (Å²) in [5, 5.41) is 5.51. The summed E-state index contributed by atoms with van der Waals surface area (Å²) in [4.78, 5) is 5.60. The lowest BCUT2D eigenvalue weighted by Gasteiger charge is -2.06. The van der Waals surface area contributed by atoms with Gasteiger partial charge in [0.05, 0.1) is 11.4 Å². The Bertz CT molecular complexity index is 727. The lowest BCUT2D eigenvalue weighted by atomic mass is 10.2. The minimum atomic E-state index is -0.198. The molecular formula is C15H16FN3S. The van der Waals surface area contributed by atoms with E-state index >= 15 is 0 Å². The fraction of sp³-hybridized carbons (Fsp3) is 0.267. The van der Waals surface area contributed by atoms with Crippen LogP contribution in [0.15, 0.2) is 29.6 Å². The maximum absolute atomic E-state index is 12.8. The average molecular weight is 289 g/mol. The molecule has 0 unspecified atom stereocenters. The topological polar surface area (TPSA) is 29.3 Å². The second-order valence-corrected chi connectivity index (χ2v) is 5.71. The minimum absolute atomic E-state index is 0.198. The van der Waals surface area contributed by atoms with Crippen molar-refractivity contribution in [1.82, 2.24) is 14.7 Å². The number of thiazole rings is 1. The van der Waals surface area contributed by atoms with Gasteiger partial charge >= 0.3 is 0 Å². The van der Waals surface area contributed by atoms with E-state index in [0.29, 0.717) is 0 Å². The molecule has 1 N–H and O–H groups in total. The van der Waals surface area contributed by atoms with Gasteiger partial charge in [0.15, 0.2) is 4.96 Å². The van der Waals surface area contributed by atoms with Gasteiger partial charge in [0.25, 0.3) is 0 Å². The van der Waals surface area contributed by atoms with Gasteiger partial charge < -0.3 is 5.32 Å². The Balaban J connectivity index is 1.72. The molecule has 1 aromatic carbocycles. The van der Waals surface area contributed by atoms with Crippen molar-refractivity contribution in [2.45, 2.75) is 26.9 Å². The van der Waals surface area contributed by atoms with Gasteiger partial charge in [-0.3, -0.25) is 4.40 Å². The molecule has 0 fully saturated rings. The number of hydrogen-bond donors (Lipinski definition) is 1. The third-order valence-electron chi connectivity index (χ3n) is 3.36. The minimum Gasteiger partial charge on any atom is -0.307 e. The molecule has 20 heavy (non-hydrogen) atoms. The molecule has 0 saturated heterocycles. The number of aromatic nitrogens is 2. The van der Waals surface area contributed by atoms with Crippen LogP contribution in [0.4, 0.5) is 4.39 Å². The van der Waals surface area contributed by atoms with Crippen LogP contribution in [0.3, 0.4) is 0 Å². The number of hydrogen-bond acceptors (Lipinski definition) is 3. The molecular weight excluding hydrogens is 273 g/mol. The lowest BCUT2D eigenvalue weighted by molar-refractivity contribution is 0.624. The first-order valence-corrected chi connectivity index (χ1v) is 7.40. The number of imidazole rings is 1. The van der Waals surface area contributed by atoms with E-state index in [1.165, 1.54) is 23.5 Å². The van der Waals surface area contributed by atoms with Crippen LogP contribution < -0.4 is 5.32 Å². The number of nitrogens with zero attached hydrogens (tertiary/aromatic N) is 2. The van der Waals surface area contributed by atoms with Gasteiger partial charge in [-0.05, 0) is 31.5 Å². The van der Waals surface area contributed by atoms with E-state index in [1.54, 1.807) is 23.5 Å². The molecule has 2 aromatic heterocycles. The third kappa shape index (κ3) is 2.46. The summed E-state index contributed by atoms with van der Waals surface area (Å²) in [6, 6.07) is 6.58. The molecule has 3 rings (SSSR count). The largest absolute Gasteiger partial charge is 0.307 e. The fourth-order valence-electron chi connectivity index (χ4n) is 2.30. The normalized spacial score (nSPS) is 11.3. The Morgan fingerprint density at radius 2 is 1.95 bits per heavy atom. The smallest absolute Gasteiger partial charge is 0.194 e. The van der Waals surface area contributed by atoms with E-state index in [4.69, 9.17) is 0 Å². The van der Waals surface area contributed by atoms with Gasteiger partial charge in [-0.2, -0.15) is 0 Å². The molecule has 3 aromatic rings. The third-order valence-corrected chi connectivity index (χ3v) is 4.31. The molecule has 0 saturated carbocycles. The van der Waals surface area contributed by atoms with Gasteiger partial charge in [-0.1, -0.05) is 12.1 Å². The van der Waals surface area contributed by atoms with Crippen molar-refractivity contribution < 1.29 is 4.39 Å². The van der Waals surface area contributed by atoms with Crippen molar-refractivity contribution in [2.24, 2.45) is 0 Å². The highest BCUT2D eigenvalue weighted by atomic mass is 32.1. The first kappa shape index (κ1) is 13.3. The standard InChI is InChI=1S/C15H16FN3S/c1-10-9-20-15-18-11(2)14(19(10)15)8-17-7-12-3-5-13(16)6-4-12/h3-6,9,17H,7-8H2,1-2H3. The second kappa shape index (κ2) is 5.34. The van der Waals surface area contributed by atoms with Crippen LogP contribution in [0.2, 0.25) is 0 Å². The van der Waals surface area contributed by atoms with Crippen LogP contribution >= 0.6 is 11.3 Å². The van der Waals surface area contributed by atoms with E-state index < -0.39 is 0 Å².